The molecule has 3 rings (SSSR count). The molecule has 2 aromatic rings. The topological polar surface area (TPSA) is 85.8 Å². The van der Waals surface area contributed by atoms with Crippen molar-refractivity contribution in [1.82, 2.24) is 14.8 Å². The summed E-state index contributed by atoms with van der Waals surface area (Å²) in [5, 5.41) is 11.5. The number of fused-ring (bicyclic) bond motifs is 1. The van der Waals surface area contributed by atoms with Crippen molar-refractivity contribution in [3.8, 4) is 11.4 Å². The monoisotopic (exact) mass is 385 g/mol. The Labute approximate surface area is 160 Å². The zero-order valence-corrected chi connectivity index (χ0v) is 15.9. The fraction of sp³-hybridized carbons (Fsp3) is 0.471. The van der Waals surface area contributed by atoms with E-state index in [2.05, 4.69) is 20.1 Å². The van der Waals surface area contributed by atoms with E-state index in [0.29, 0.717) is 12.8 Å². The second-order valence-corrected chi connectivity index (χ2v) is 6.19. The smallest absolute Gasteiger partial charge is 0.224 e. The van der Waals surface area contributed by atoms with Crippen molar-refractivity contribution in [1.29, 1.82) is 0 Å². The molecule has 138 valence electrons. The second-order valence-electron chi connectivity index (χ2n) is 6.19. The number of rotatable bonds is 5. The molecule has 3 N–H and O–H groups in total. The van der Waals surface area contributed by atoms with E-state index in [-0.39, 0.29) is 36.8 Å². The van der Waals surface area contributed by atoms with Gasteiger partial charge in [0.2, 0.25) is 5.91 Å². The number of nitrogens with zero attached hydrogens (tertiary/aromatic N) is 3. The molecular formula is C17H25Cl2N5O. The Balaban J connectivity index is 0.00000156. The first-order valence-corrected chi connectivity index (χ1v) is 8.21. The van der Waals surface area contributed by atoms with Gasteiger partial charge < -0.3 is 15.6 Å². The number of nitrogens with two attached hydrogens (primary N) is 1. The average molecular weight is 386 g/mol. The molecule has 6 nitrogen and oxygen atoms in total. The van der Waals surface area contributed by atoms with E-state index < -0.39 is 0 Å². The predicted octanol–water partition coefficient (Wildman–Crippen LogP) is 3.19. The molecule has 0 spiro atoms. The van der Waals surface area contributed by atoms with Crippen molar-refractivity contribution in [2.24, 2.45) is 5.73 Å². The van der Waals surface area contributed by atoms with Crippen LogP contribution in [0.2, 0.25) is 0 Å². The summed E-state index contributed by atoms with van der Waals surface area (Å²) < 4.78 is 2.19. The van der Waals surface area contributed by atoms with Crippen LogP contribution < -0.4 is 11.1 Å². The van der Waals surface area contributed by atoms with Crippen molar-refractivity contribution in [2.45, 2.75) is 51.6 Å². The highest BCUT2D eigenvalue weighted by molar-refractivity contribution is 5.90. The Morgan fingerprint density at radius 2 is 1.96 bits per heavy atom. The molecule has 1 aliphatic heterocycles. The third kappa shape index (κ3) is 5.42. The fourth-order valence-electron chi connectivity index (χ4n) is 2.81. The minimum Gasteiger partial charge on any atom is -0.328 e. The van der Waals surface area contributed by atoms with Gasteiger partial charge in [0.15, 0.2) is 5.82 Å². The van der Waals surface area contributed by atoms with Gasteiger partial charge in [0.25, 0.3) is 0 Å². The molecule has 1 aromatic heterocycles. The Hall–Kier alpha value is -1.63. The van der Waals surface area contributed by atoms with Gasteiger partial charge in [-0.3, -0.25) is 4.79 Å². The van der Waals surface area contributed by atoms with Gasteiger partial charge in [-0.1, -0.05) is 0 Å². The number of amides is 1. The summed E-state index contributed by atoms with van der Waals surface area (Å²) in [4.78, 5) is 11.8. The van der Waals surface area contributed by atoms with Crippen LogP contribution in [-0.4, -0.2) is 26.7 Å². The zero-order valence-electron chi connectivity index (χ0n) is 14.3. The van der Waals surface area contributed by atoms with Gasteiger partial charge in [0.1, 0.15) is 5.82 Å². The molecule has 1 aromatic carbocycles. The number of benzene rings is 1. The number of carbonyl (C=O) groups is 1. The minimum atomic E-state index is -0.00472. The van der Waals surface area contributed by atoms with Gasteiger partial charge in [-0.05, 0) is 50.5 Å². The van der Waals surface area contributed by atoms with E-state index in [1.54, 1.807) is 0 Å². The standard InChI is InChI=1S/C17H23N5O.2ClH/c1-12(18)5-10-16(23)19-14-8-6-13(7-9-14)17-21-20-15-4-2-3-11-22(15)17;;/h6-9,12H,2-5,10-11,18H2,1H3,(H,19,23);2*1H. The number of nitrogens with one attached hydrogen (secondary N) is 1. The van der Waals surface area contributed by atoms with Crippen molar-refractivity contribution < 1.29 is 4.79 Å². The van der Waals surface area contributed by atoms with Crippen molar-refractivity contribution in [2.75, 3.05) is 5.32 Å². The van der Waals surface area contributed by atoms with Gasteiger partial charge in [0.05, 0.1) is 0 Å². The molecule has 0 saturated heterocycles. The highest BCUT2D eigenvalue weighted by Gasteiger charge is 2.16. The first-order chi connectivity index (χ1) is 11.1. The number of hydrogen-bond donors (Lipinski definition) is 2. The molecule has 8 heteroatoms. The lowest BCUT2D eigenvalue weighted by Crippen LogP contribution is -2.19. The van der Waals surface area contributed by atoms with Crippen molar-refractivity contribution in [3.05, 3.63) is 30.1 Å². The molecule has 0 aliphatic carbocycles. The van der Waals surface area contributed by atoms with Crippen LogP contribution in [0.4, 0.5) is 5.69 Å². The second kappa shape index (κ2) is 9.75. The number of aromatic nitrogens is 3. The zero-order chi connectivity index (χ0) is 16.2. The van der Waals surface area contributed by atoms with Crippen LogP contribution >= 0.6 is 24.8 Å². The SMILES string of the molecule is CC(N)CCC(=O)Nc1ccc(-c2nnc3n2CCCC3)cc1.Cl.Cl. The van der Waals surface area contributed by atoms with Gasteiger partial charge in [0, 0.05) is 36.7 Å². The van der Waals surface area contributed by atoms with Crippen LogP contribution in [0, 0.1) is 0 Å². The lowest BCUT2D eigenvalue weighted by molar-refractivity contribution is -0.116. The van der Waals surface area contributed by atoms with E-state index in [1.165, 1.54) is 12.8 Å². The molecule has 2 heterocycles. The summed E-state index contributed by atoms with van der Waals surface area (Å²) in [6, 6.07) is 7.81. The summed E-state index contributed by atoms with van der Waals surface area (Å²) in [7, 11) is 0. The van der Waals surface area contributed by atoms with E-state index in [9.17, 15) is 4.79 Å². The first kappa shape index (κ1) is 21.4. The van der Waals surface area contributed by atoms with Crippen LogP contribution in [0.5, 0.6) is 0 Å². The summed E-state index contributed by atoms with van der Waals surface area (Å²) in [5.41, 5.74) is 7.49. The maximum atomic E-state index is 11.8. The number of carbonyl (C=O) groups excluding carboxylic acids is 1. The molecule has 25 heavy (non-hydrogen) atoms. The van der Waals surface area contributed by atoms with Crippen molar-refractivity contribution >= 4 is 36.4 Å². The third-order valence-corrected chi connectivity index (χ3v) is 4.11. The minimum absolute atomic E-state index is 0. The van der Waals surface area contributed by atoms with Crippen LogP contribution in [0.25, 0.3) is 11.4 Å². The number of aryl methyl sites for hydroxylation is 1. The Morgan fingerprint density at radius 3 is 2.64 bits per heavy atom. The van der Waals surface area contributed by atoms with E-state index in [4.69, 9.17) is 5.73 Å². The van der Waals surface area contributed by atoms with Crippen LogP contribution in [-0.2, 0) is 17.8 Å². The van der Waals surface area contributed by atoms with Gasteiger partial charge in [-0.15, -0.1) is 35.0 Å². The summed E-state index contributed by atoms with van der Waals surface area (Å²) in [5.74, 6) is 1.98. The van der Waals surface area contributed by atoms with Crippen LogP contribution in [0.3, 0.4) is 0 Å². The predicted molar refractivity (Wildman–Crippen MR) is 104 cm³/mol. The lowest BCUT2D eigenvalue weighted by atomic mass is 10.1. The maximum absolute atomic E-state index is 11.8. The molecule has 0 fully saturated rings. The van der Waals surface area contributed by atoms with E-state index in [1.807, 2.05) is 31.2 Å². The molecule has 1 aliphatic rings. The molecular weight excluding hydrogens is 361 g/mol. The largest absolute Gasteiger partial charge is 0.328 e. The lowest BCUT2D eigenvalue weighted by Gasteiger charge is -2.14. The molecule has 0 bridgehead atoms. The van der Waals surface area contributed by atoms with Crippen molar-refractivity contribution in [3.63, 3.8) is 0 Å². The first-order valence-electron chi connectivity index (χ1n) is 8.21. The summed E-state index contributed by atoms with van der Waals surface area (Å²) >= 11 is 0. The van der Waals surface area contributed by atoms with Gasteiger partial charge >= 0.3 is 0 Å². The normalized spacial score (nSPS) is 13.8. The number of anilines is 1. The summed E-state index contributed by atoms with van der Waals surface area (Å²) in [6.45, 7) is 2.88. The summed E-state index contributed by atoms with van der Waals surface area (Å²) in [6.07, 6.45) is 4.49. The van der Waals surface area contributed by atoms with E-state index >= 15 is 0 Å². The molecule has 0 radical (unpaired) electrons. The van der Waals surface area contributed by atoms with E-state index in [0.717, 1.165) is 35.9 Å². The average Bonchev–Trinajstić information content (AvgIpc) is 2.98. The molecule has 1 unspecified atom stereocenters. The maximum Gasteiger partial charge on any atom is 0.224 e. The molecule has 0 saturated carbocycles. The fourth-order valence-corrected chi connectivity index (χ4v) is 2.81. The third-order valence-electron chi connectivity index (χ3n) is 4.11. The Morgan fingerprint density at radius 1 is 1.24 bits per heavy atom. The highest BCUT2D eigenvalue weighted by Crippen LogP contribution is 2.24. The number of halogens is 2. The van der Waals surface area contributed by atoms with Crippen LogP contribution in [0.15, 0.2) is 24.3 Å². The molecule has 1 amide bonds. The van der Waals surface area contributed by atoms with Gasteiger partial charge in [-0.2, -0.15) is 0 Å². The highest BCUT2D eigenvalue weighted by atomic mass is 35.5. The van der Waals surface area contributed by atoms with Crippen LogP contribution in [0.1, 0.15) is 38.4 Å². The van der Waals surface area contributed by atoms with Gasteiger partial charge in [-0.25, -0.2) is 0 Å². The molecule has 1 atom stereocenters. The quantitative estimate of drug-likeness (QED) is 0.827. The number of hydrogen-bond acceptors (Lipinski definition) is 4. The Kier molecular flexibility index (Phi) is 8.35. The Bertz CT molecular complexity index is 685.